The van der Waals surface area contributed by atoms with E-state index >= 15 is 0 Å². The SMILES string of the molecule is CC(=O)c1ccc(N2C(=O)C3CC=C4C(CC5(Cl)C(=O)N(CBr)C(=O)C5(Cl)C4c4ccc(O)cc4)C3C2=O)cc1. The third kappa shape index (κ3) is 3.47. The van der Waals surface area contributed by atoms with Gasteiger partial charge in [-0.05, 0) is 67.6 Å². The number of carbonyl (C=O) groups excluding carboxylic acids is 5. The van der Waals surface area contributed by atoms with Crippen molar-refractivity contribution in [1.29, 1.82) is 0 Å². The van der Waals surface area contributed by atoms with Crippen molar-refractivity contribution in [3.8, 4) is 5.75 Å². The van der Waals surface area contributed by atoms with Gasteiger partial charge in [-0.1, -0.05) is 39.7 Å². The molecular formula is C29H23BrCl2N2O6. The average molecular weight is 646 g/mol. The average Bonchev–Trinajstić information content (AvgIpc) is 3.27. The maximum Gasteiger partial charge on any atom is 0.254 e. The lowest BCUT2D eigenvalue weighted by molar-refractivity contribution is -0.138. The molecule has 2 saturated heterocycles. The molecule has 6 atom stereocenters. The van der Waals surface area contributed by atoms with Crippen LogP contribution in [0.2, 0.25) is 0 Å². The van der Waals surface area contributed by atoms with Gasteiger partial charge in [0.05, 0.1) is 23.0 Å². The fourth-order valence-electron chi connectivity index (χ4n) is 6.89. The summed E-state index contributed by atoms with van der Waals surface area (Å²) in [6, 6.07) is 12.4. The number of alkyl halides is 3. The molecule has 206 valence electrons. The van der Waals surface area contributed by atoms with Gasteiger partial charge >= 0.3 is 0 Å². The second-order valence-corrected chi connectivity index (χ2v) is 12.4. The third-order valence-electron chi connectivity index (χ3n) is 8.77. The van der Waals surface area contributed by atoms with Crippen molar-refractivity contribution in [3.63, 3.8) is 0 Å². The van der Waals surface area contributed by atoms with Crippen molar-refractivity contribution in [2.24, 2.45) is 17.8 Å². The number of likely N-dealkylation sites (tertiary alicyclic amines) is 1. The van der Waals surface area contributed by atoms with E-state index in [1.165, 1.54) is 19.1 Å². The minimum absolute atomic E-state index is 0.00784. The molecule has 0 spiro atoms. The second-order valence-electron chi connectivity index (χ2n) is 10.7. The Morgan fingerprint density at radius 1 is 0.975 bits per heavy atom. The van der Waals surface area contributed by atoms with Crippen molar-refractivity contribution in [1.82, 2.24) is 4.90 Å². The highest BCUT2D eigenvalue weighted by atomic mass is 79.9. The summed E-state index contributed by atoms with van der Waals surface area (Å²) in [5.74, 6) is -5.28. The predicted octanol–water partition coefficient (Wildman–Crippen LogP) is 4.51. The molecule has 6 unspecified atom stereocenters. The standard InChI is InChI=1S/C29H23BrCl2N2O6/c1-14(35)15-2-6-17(7-3-15)34-24(37)20-11-10-19-21(22(20)25(34)38)12-28(31)26(39)33(13-30)27(40)29(28,32)23(19)16-4-8-18(36)9-5-16/h2-10,20-23,36H,11-13H2,1H3. The first-order chi connectivity index (χ1) is 19.0. The van der Waals surface area contributed by atoms with Gasteiger partial charge in [-0.2, -0.15) is 0 Å². The molecule has 8 nitrogen and oxygen atoms in total. The van der Waals surface area contributed by atoms with E-state index in [0.29, 0.717) is 22.4 Å². The van der Waals surface area contributed by atoms with Crippen LogP contribution in [0, 0.1) is 17.8 Å². The number of ketones is 1. The molecule has 11 heteroatoms. The molecule has 2 aliphatic heterocycles. The lowest BCUT2D eigenvalue weighted by Gasteiger charge is -2.50. The summed E-state index contributed by atoms with van der Waals surface area (Å²) in [6.07, 6.45) is 1.99. The van der Waals surface area contributed by atoms with Crippen LogP contribution in [0.1, 0.15) is 41.6 Å². The highest BCUT2D eigenvalue weighted by Crippen LogP contribution is 2.65. The lowest BCUT2D eigenvalue weighted by atomic mass is 9.56. The molecule has 2 aromatic rings. The van der Waals surface area contributed by atoms with E-state index in [1.807, 2.05) is 6.08 Å². The number of carbonyl (C=O) groups is 5. The Balaban J connectivity index is 1.48. The predicted molar refractivity (Wildman–Crippen MR) is 150 cm³/mol. The maximum atomic E-state index is 14.0. The zero-order valence-electron chi connectivity index (χ0n) is 21.1. The molecule has 4 amide bonds. The molecule has 2 aliphatic carbocycles. The molecule has 3 fully saturated rings. The van der Waals surface area contributed by atoms with Gasteiger partial charge < -0.3 is 5.11 Å². The number of amides is 4. The van der Waals surface area contributed by atoms with Gasteiger partial charge in [0.1, 0.15) is 5.75 Å². The molecule has 1 saturated carbocycles. The number of phenolic OH excluding ortho intramolecular Hbond substituents is 1. The summed E-state index contributed by atoms with van der Waals surface area (Å²) >= 11 is 17.5. The van der Waals surface area contributed by atoms with Gasteiger partial charge in [0.25, 0.3) is 11.8 Å². The zero-order valence-corrected chi connectivity index (χ0v) is 24.2. The van der Waals surface area contributed by atoms with Crippen LogP contribution >= 0.6 is 39.1 Å². The Labute approximate surface area is 248 Å². The minimum atomic E-state index is -1.89. The van der Waals surface area contributed by atoms with Crippen LogP contribution in [0.25, 0.3) is 0 Å². The summed E-state index contributed by atoms with van der Waals surface area (Å²) in [7, 11) is 0. The minimum Gasteiger partial charge on any atom is -0.508 e. The van der Waals surface area contributed by atoms with Crippen molar-refractivity contribution < 1.29 is 29.1 Å². The molecule has 0 bridgehead atoms. The fourth-order valence-corrected chi connectivity index (χ4v) is 8.32. The topological polar surface area (TPSA) is 112 Å². The van der Waals surface area contributed by atoms with Crippen LogP contribution in [0.4, 0.5) is 5.69 Å². The van der Waals surface area contributed by atoms with Crippen LogP contribution in [-0.4, -0.2) is 54.6 Å². The number of Topliss-reactive ketones (excluding diaryl/α,β-unsaturated/α-hetero) is 1. The quantitative estimate of drug-likeness (QED) is 0.172. The Bertz CT molecular complexity index is 1530. The molecule has 0 radical (unpaired) electrons. The van der Waals surface area contributed by atoms with Crippen LogP contribution in [-0.2, 0) is 19.2 Å². The van der Waals surface area contributed by atoms with Gasteiger partial charge in [0.15, 0.2) is 15.5 Å². The smallest absolute Gasteiger partial charge is 0.254 e. The van der Waals surface area contributed by atoms with Crippen LogP contribution in [0.5, 0.6) is 5.75 Å². The van der Waals surface area contributed by atoms with Crippen molar-refractivity contribution in [2.45, 2.75) is 35.4 Å². The number of halogens is 3. The fraction of sp³-hybridized carbons (Fsp3) is 0.345. The van der Waals surface area contributed by atoms with E-state index in [-0.39, 0.29) is 35.7 Å². The number of anilines is 1. The van der Waals surface area contributed by atoms with E-state index in [0.717, 1.165) is 9.80 Å². The van der Waals surface area contributed by atoms with Crippen molar-refractivity contribution >= 4 is 74.2 Å². The first kappa shape index (κ1) is 27.2. The molecule has 0 aromatic heterocycles. The number of hydrogen-bond acceptors (Lipinski definition) is 6. The van der Waals surface area contributed by atoms with E-state index in [2.05, 4.69) is 15.9 Å². The highest BCUT2D eigenvalue weighted by molar-refractivity contribution is 9.09. The molecule has 40 heavy (non-hydrogen) atoms. The number of benzene rings is 2. The summed E-state index contributed by atoms with van der Waals surface area (Å²) in [4.78, 5) is 65.0. The molecule has 2 aromatic carbocycles. The Kier molecular flexibility index (Phi) is 6.29. The van der Waals surface area contributed by atoms with Gasteiger partial charge in [-0.25, -0.2) is 0 Å². The van der Waals surface area contributed by atoms with Gasteiger partial charge in [-0.3, -0.25) is 33.8 Å². The van der Waals surface area contributed by atoms with E-state index in [9.17, 15) is 29.1 Å². The Hall–Kier alpha value is -3.01. The first-order valence-electron chi connectivity index (χ1n) is 12.7. The van der Waals surface area contributed by atoms with Gasteiger partial charge in [0.2, 0.25) is 11.8 Å². The number of aromatic hydroxyl groups is 1. The van der Waals surface area contributed by atoms with Crippen molar-refractivity contribution in [3.05, 3.63) is 71.3 Å². The highest BCUT2D eigenvalue weighted by Gasteiger charge is 2.76. The number of imide groups is 2. The number of rotatable bonds is 4. The van der Waals surface area contributed by atoms with Crippen molar-refractivity contribution in [2.75, 3.05) is 10.4 Å². The molecule has 4 aliphatic rings. The van der Waals surface area contributed by atoms with E-state index in [1.54, 1.807) is 36.4 Å². The van der Waals surface area contributed by atoms with Crippen LogP contribution in [0.15, 0.2) is 60.2 Å². The maximum absolute atomic E-state index is 14.0. The molecule has 1 N–H and O–H groups in total. The molecule has 6 rings (SSSR count). The summed E-state index contributed by atoms with van der Waals surface area (Å²) in [6.45, 7) is 1.43. The number of allylic oxidation sites excluding steroid dienone is 2. The Morgan fingerprint density at radius 2 is 1.62 bits per heavy atom. The Morgan fingerprint density at radius 3 is 2.23 bits per heavy atom. The lowest BCUT2D eigenvalue weighted by Crippen LogP contribution is -2.60. The zero-order chi connectivity index (χ0) is 28.7. The van der Waals surface area contributed by atoms with Gasteiger partial charge in [-0.15, -0.1) is 23.2 Å². The summed E-state index contributed by atoms with van der Waals surface area (Å²) in [5.41, 5.74) is 1.93. The third-order valence-corrected chi connectivity index (χ3v) is 10.7. The normalized spacial score (nSPS) is 33.0. The largest absolute Gasteiger partial charge is 0.508 e. The number of fused-ring (bicyclic) bond motifs is 4. The number of hydrogen-bond donors (Lipinski definition) is 1. The van der Waals surface area contributed by atoms with Gasteiger partial charge in [0, 0.05) is 11.5 Å². The monoisotopic (exact) mass is 644 g/mol. The summed E-state index contributed by atoms with van der Waals surface area (Å²) < 4.78 is 0. The first-order valence-corrected chi connectivity index (χ1v) is 14.6. The molecular weight excluding hydrogens is 623 g/mol. The van der Waals surface area contributed by atoms with Crippen LogP contribution < -0.4 is 4.90 Å². The second kappa shape index (κ2) is 9.26. The van der Waals surface area contributed by atoms with Crippen LogP contribution in [0.3, 0.4) is 0 Å². The summed E-state index contributed by atoms with van der Waals surface area (Å²) in [5, 5.41) is 9.92. The van der Waals surface area contributed by atoms with E-state index < -0.39 is 51.1 Å². The number of phenols is 1. The number of nitrogens with zero attached hydrogens (tertiary/aromatic N) is 2. The molecule has 2 heterocycles. The van der Waals surface area contributed by atoms with E-state index in [4.69, 9.17) is 23.2 Å².